The average Bonchev–Trinajstić information content (AvgIpc) is 2.99. The summed E-state index contributed by atoms with van der Waals surface area (Å²) in [6.45, 7) is 2.85. The van der Waals surface area contributed by atoms with E-state index >= 15 is 0 Å². The molecule has 3 heterocycles. The molecule has 0 spiro atoms. The zero-order valence-corrected chi connectivity index (χ0v) is 13.7. The van der Waals surface area contributed by atoms with Crippen molar-refractivity contribution in [3.8, 4) is 11.3 Å². The molecule has 5 heteroatoms. The summed E-state index contributed by atoms with van der Waals surface area (Å²) in [4.78, 5) is 12.8. The number of halogens is 1. The summed E-state index contributed by atoms with van der Waals surface area (Å²) in [6, 6.07) is 12.7. The van der Waals surface area contributed by atoms with E-state index in [1.54, 1.807) is 0 Å². The van der Waals surface area contributed by atoms with Crippen LogP contribution in [0.25, 0.3) is 22.3 Å². The zero-order chi connectivity index (χ0) is 14.9. The number of rotatable bonds is 2. The Balaban J connectivity index is 0.00000156. The molecule has 0 amide bonds. The molecule has 2 N–H and O–H groups in total. The largest absolute Gasteiger partial charge is 0.352 e. The van der Waals surface area contributed by atoms with Gasteiger partial charge >= 0.3 is 0 Å². The van der Waals surface area contributed by atoms with Crippen LogP contribution < -0.4 is 5.32 Å². The average molecular weight is 327 g/mol. The van der Waals surface area contributed by atoms with Gasteiger partial charge in [-0.25, -0.2) is 9.97 Å². The minimum atomic E-state index is 0. The first-order chi connectivity index (χ1) is 10.8. The van der Waals surface area contributed by atoms with Crippen molar-refractivity contribution >= 4 is 23.4 Å². The molecule has 0 radical (unpaired) electrons. The Morgan fingerprint density at radius 3 is 2.65 bits per heavy atom. The molecule has 0 saturated carbocycles. The highest BCUT2D eigenvalue weighted by Crippen LogP contribution is 2.29. The lowest BCUT2D eigenvalue weighted by Gasteiger charge is -2.19. The Kier molecular flexibility index (Phi) is 4.46. The fraction of sp³-hybridized carbons (Fsp3) is 0.222. The van der Waals surface area contributed by atoms with Gasteiger partial charge in [0.2, 0.25) is 0 Å². The van der Waals surface area contributed by atoms with Crippen LogP contribution in [-0.2, 0) is 0 Å². The van der Waals surface area contributed by atoms with E-state index in [1.807, 2.05) is 25.1 Å². The van der Waals surface area contributed by atoms with Crippen molar-refractivity contribution in [1.29, 1.82) is 0 Å². The van der Waals surface area contributed by atoms with Gasteiger partial charge in [0, 0.05) is 12.2 Å². The fourth-order valence-corrected chi connectivity index (χ4v) is 3.00. The summed E-state index contributed by atoms with van der Waals surface area (Å²) in [5.41, 5.74) is 5.34. The van der Waals surface area contributed by atoms with Crippen LogP contribution in [0.15, 0.2) is 48.6 Å². The van der Waals surface area contributed by atoms with Gasteiger partial charge in [0.05, 0.1) is 22.8 Å². The lowest BCUT2D eigenvalue weighted by molar-refractivity contribution is 0.542. The summed E-state index contributed by atoms with van der Waals surface area (Å²) in [5.74, 6) is 0.817. The van der Waals surface area contributed by atoms with E-state index in [4.69, 9.17) is 4.98 Å². The second-order valence-electron chi connectivity index (χ2n) is 5.63. The third-order valence-electron chi connectivity index (χ3n) is 4.05. The van der Waals surface area contributed by atoms with E-state index < -0.39 is 0 Å². The number of aromatic nitrogens is 3. The molecule has 1 aliphatic heterocycles. The van der Waals surface area contributed by atoms with Crippen LogP contribution in [0.3, 0.4) is 0 Å². The second kappa shape index (κ2) is 6.52. The van der Waals surface area contributed by atoms with Crippen LogP contribution >= 0.6 is 12.4 Å². The van der Waals surface area contributed by atoms with Gasteiger partial charge in [0.25, 0.3) is 0 Å². The fourth-order valence-electron chi connectivity index (χ4n) is 3.00. The summed E-state index contributed by atoms with van der Waals surface area (Å²) in [7, 11) is 0. The van der Waals surface area contributed by atoms with Crippen molar-refractivity contribution < 1.29 is 0 Å². The van der Waals surface area contributed by atoms with Crippen molar-refractivity contribution in [1.82, 2.24) is 20.3 Å². The third kappa shape index (κ3) is 3.00. The predicted octanol–water partition coefficient (Wildman–Crippen LogP) is 3.95. The van der Waals surface area contributed by atoms with Crippen molar-refractivity contribution in [2.75, 3.05) is 6.54 Å². The van der Waals surface area contributed by atoms with Gasteiger partial charge in [-0.05, 0) is 25.0 Å². The molecular formula is C18H19ClN4. The maximum atomic E-state index is 4.69. The molecule has 4 nitrogen and oxygen atoms in total. The minimum absolute atomic E-state index is 0. The van der Waals surface area contributed by atoms with E-state index in [9.17, 15) is 0 Å². The van der Waals surface area contributed by atoms with Crippen LogP contribution in [0.2, 0.25) is 0 Å². The number of aryl methyl sites for hydroxylation is 1. The van der Waals surface area contributed by atoms with Crippen LogP contribution in [0, 0.1) is 6.92 Å². The first-order valence-electron chi connectivity index (χ1n) is 7.62. The molecule has 2 aromatic heterocycles. The summed E-state index contributed by atoms with van der Waals surface area (Å²) in [6.07, 6.45) is 5.34. The summed E-state index contributed by atoms with van der Waals surface area (Å²) >= 11 is 0. The molecular weight excluding hydrogens is 308 g/mol. The summed E-state index contributed by atoms with van der Waals surface area (Å²) < 4.78 is 0. The normalized spacial score (nSPS) is 17.2. The molecule has 1 unspecified atom stereocenters. The minimum Gasteiger partial charge on any atom is -0.352 e. The monoisotopic (exact) mass is 326 g/mol. The molecule has 1 aromatic carbocycles. The Morgan fingerprint density at radius 2 is 1.91 bits per heavy atom. The van der Waals surface area contributed by atoms with Gasteiger partial charge in [-0.3, -0.25) is 0 Å². The molecule has 0 fully saturated rings. The van der Waals surface area contributed by atoms with Gasteiger partial charge in [0.15, 0.2) is 0 Å². The maximum absolute atomic E-state index is 4.69. The van der Waals surface area contributed by atoms with Gasteiger partial charge in [-0.15, -0.1) is 12.4 Å². The van der Waals surface area contributed by atoms with Crippen LogP contribution in [0.4, 0.5) is 0 Å². The Bertz CT molecular complexity index is 839. The number of H-pyrrole nitrogens is 1. The molecule has 1 aliphatic rings. The molecule has 118 valence electrons. The number of nitrogens with one attached hydrogen (secondary N) is 2. The van der Waals surface area contributed by atoms with E-state index in [1.165, 1.54) is 5.56 Å². The number of hydrogen-bond acceptors (Lipinski definition) is 3. The highest BCUT2D eigenvalue weighted by molar-refractivity contribution is 5.85. The maximum Gasteiger partial charge on any atom is 0.126 e. The zero-order valence-electron chi connectivity index (χ0n) is 12.9. The lowest BCUT2D eigenvalue weighted by Crippen LogP contribution is -2.25. The van der Waals surface area contributed by atoms with Crippen LogP contribution in [-0.4, -0.2) is 21.5 Å². The van der Waals surface area contributed by atoms with E-state index in [0.717, 1.165) is 41.2 Å². The SMILES string of the molecule is Cc1nc(C2CC=CCN2)c2[nH]c(-c3ccccc3)cc2n1.Cl. The third-order valence-corrected chi connectivity index (χ3v) is 4.05. The van der Waals surface area contributed by atoms with E-state index in [0.29, 0.717) is 0 Å². The first-order valence-corrected chi connectivity index (χ1v) is 7.62. The van der Waals surface area contributed by atoms with Gasteiger partial charge in [-0.1, -0.05) is 42.5 Å². The number of benzene rings is 1. The molecule has 0 saturated heterocycles. The highest BCUT2D eigenvalue weighted by Gasteiger charge is 2.19. The van der Waals surface area contributed by atoms with Crippen molar-refractivity contribution in [2.45, 2.75) is 19.4 Å². The van der Waals surface area contributed by atoms with E-state index in [-0.39, 0.29) is 18.4 Å². The molecule has 3 aromatic rings. The van der Waals surface area contributed by atoms with Crippen molar-refractivity contribution in [2.24, 2.45) is 0 Å². The Labute approximate surface area is 141 Å². The van der Waals surface area contributed by atoms with Crippen LogP contribution in [0.1, 0.15) is 24.0 Å². The smallest absolute Gasteiger partial charge is 0.126 e. The highest BCUT2D eigenvalue weighted by atomic mass is 35.5. The number of nitrogens with zero attached hydrogens (tertiary/aromatic N) is 2. The standard InChI is InChI=1S/C18H18N4.ClH/c1-12-20-16-11-15(13-7-3-2-4-8-13)22-18(16)17(21-12)14-9-5-6-10-19-14;/h2-8,11,14,19,22H,9-10H2,1H3;1H. The molecule has 23 heavy (non-hydrogen) atoms. The van der Waals surface area contributed by atoms with Gasteiger partial charge < -0.3 is 10.3 Å². The summed E-state index contributed by atoms with van der Waals surface area (Å²) in [5, 5.41) is 3.51. The molecule has 0 bridgehead atoms. The number of fused-ring (bicyclic) bond motifs is 1. The number of hydrogen-bond donors (Lipinski definition) is 2. The predicted molar refractivity (Wildman–Crippen MR) is 95.8 cm³/mol. The topological polar surface area (TPSA) is 53.6 Å². The van der Waals surface area contributed by atoms with Crippen molar-refractivity contribution in [3.05, 3.63) is 60.1 Å². The molecule has 0 aliphatic carbocycles. The first kappa shape index (κ1) is 15.7. The number of aromatic amines is 1. The second-order valence-corrected chi connectivity index (χ2v) is 5.63. The molecule has 4 rings (SSSR count). The van der Waals surface area contributed by atoms with E-state index in [2.05, 4.69) is 45.6 Å². The van der Waals surface area contributed by atoms with Gasteiger partial charge in [0.1, 0.15) is 5.82 Å². The quantitative estimate of drug-likeness (QED) is 0.701. The molecule has 1 atom stereocenters. The van der Waals surface area contributed by atoms with Crippen LogP contribution in [0.5, 0.6) is 0 Å². The Hall–Kier alpha value is -2.17. The van der Waals surface area contributed by atoms with Gasteiger partial charge in [-0.2, -0.15) is 0 Å². The van der Waals surface area contributed by atoms with Crippen molar-refractivity contribution in [3.63, 3.8) is 0 Å². The Morgan fingerprint density at radius 1 is 1.09 bits per heavy atom. The lowest BCUT2D eigenvalue weighted by atomic mass is 10.1.